The Morgan fingerprint density at radius 3 is 2.53 bits per heavy atom. The molecule has 0 fully saturated rings. The molecule has 90 valence electrons. The molecule has 1 heterocycles. The van der Waals surface area contributed by atoms with Crippen molar-refractivity contribution in [2.75, 3.05) is 6.54 Å². The molecule has 0 saturated carbocycles. The third-order valence-electron chi connectivity index (χ3n) is 2.96. The van der Waals surface area contributed by atoms with E-state index in [2.05, 4.69) is 48.1 Å². The smallest absolute Gasteiger partial charge is 0.0929 e. The minimum atomic E-state index is 0.562. The van der Waals surface area contributed by atoms with Gasteiger partial charge < -0.3 is 10.7 Å². The van der Waals surface area contributed by atoms with Crippen LogP contribution in [0.1, 0.15) is 31.0 Å². The molecule has 3 heteroatoms. The summed E-state index contributed by atoms with van der Waals surface area (Å²) in [7, 11) is 0. The maximum Gasteiger partial charge on any atom is 0.0929 e. The standard InChI is InChI=1S/C14H19N3/c1-10(2)11-3-5-12(6-4-11)14-13(7-8-15)16-9-17-14/h3-6,9-10H,7-8,15H2,1-2H3,(H,16,17). The minimum absolute atomic E-state index is 0.562. The van der Waals surface area contributed by atoms with Crippen LogP contribution in [-0.4, -0.2) is 16.5 Å². The van der Waals surface area contributed by atoms with Gasteiger partial charge in [0.05, 0.1) is 12.0 Å². The van der Waals surface area contributed by atoms with Crippen LogP contribution < -0.4 is 5.73 Å². The molecule has 0 aliphatic heterocycles. The molecule has 0 atom stereocenters. The van der Waals surface area contributed by atoms with Gasteiger partial charge in [-0.15, -0.1) is 0 Å². The lowest BCUT2D eigenvalue weighted by Crippen LogP contribution is -2.04. The molecule has 0 amide bonds. The molecule has 0 aliphatic carbocycles. The van der Waals surface area contributed by atoms with Crippen LogP contribution in [0, 0.1) is 0 Å². The first-order valence-electron chi connectivity index (χ1n) is 6.05. The van der Waals surface area contributed by atoms with E-state index in [0.717, 1.165) is 23.4 Å². The highest BCUT2D eigenvalue weighted by Crippen LogP contribution is 2.23. The van der Waals surface area contributed by atoms with E-state index in [0.29, 0.717) is 12.5 Å². The lowest BCUT2D eigenvalue weighted by molar-refractivity contribution is 0.867. The highest BCUT2D eigenvalue weighted by atomic mass is 14.9. The second-order valence-corrected chi connectivity index (χ2v) is 4.55. The second kappa shape index (κ2) is 5.15. The molecule has 1 aromatic heterocycles. The van der Waals surface area contributed by atoms with E-state index in [1.54, 1.807) is 6.33 Å². The van der Waals surface area contributed by atoms with Crippen molar-refractivity contribution < 1.29 is 0 Å². The monoisotopic (exact) mass is 229 g/mol. The molecule has 2 rings (SSSR count). The molecule has 1 aromatic carbocycles. The van der Waals surface area contributed by atoms with Crippen molar-refractivity contribution in [3.8, 4) is 11.3 Å². The fourth-order valence-electron chi connectivity index (χ4n) is 1.93. The van der Waals surface area contributed by atoms with Crippen LogP contribution in [0.3, 0.4) is 0 Å². The third kappa shape index (κ3) is 2.56. The molecular formula is C14H19N3. The van der Waals surface area contributed by atoms with Crippen LogP contribution in [0.2, 0.25) is 0 Å². The Bertz CT molecular complexity index is 468. The van der Waals surface area contributed by atoms with E-state index in [9.17, 15) is 0 Å². The zero-order valence-electron chi connectivity index (χ0n) is 10.4. The third-order valence-corrected chi connectivity index (χ3v) is 2.96. The molecule has 2 aromatic rings. The van der Waals surface area contributed by atoms with Crippen molar-refractivity contribution in [3.05, 3.63) is 41.9 Å². The van der Waals surface area contributed by atoms with E-state index in [4.69, 9.17) is 5.73 Å². The van der Waals surface area contributed by atoms with Crippen molar-refractivity contribution >= 4 is 0 Å². The van der Waals surface area contributed by atoms with Crippen molar-refractivity contribution in [2.45, 2.75) is 26.2 Å². The maximum absolute atomic E-state index is 5.58. The first-order valence-corrected chi connectivity index (χ1v) is 6.05. The zero-order valence-corrected chi connectivity index (χ0v) is 10.4. The normalized spacial score (nSPS) is 11.1. The van der Waals surface area contributed by atoms with Crippen molar-refractivity contribution in [2.24, 2.45) is 5.73 Å². The molecule has 0 radical (unpaired) electrons. The topological polar surface area (TPSA) is 54.7 Å². The van der Waals surface area contributed by atoms with E-state index in [-0.39, 0.29) is 0 Å². The summed E-state index contributed by atoms with van der Waals surface area (Å²) in [5.41, 5.74) is 10.2. The highest BCUT2D eigenvalue weighted by Gasteiger charge is 2.07. The zero-order chi connectivity index (χ0) is 12.3. The van der Waals surface area contributed by atoms with Crippen molar-refractivity contribution in [1.82, 2.24) is 9.97 Å². The summed E-state index contributed by atoms with van der Waals surface area (Å²) in [5.74, 6) is 0.562. The van der Waals surface area contributed by atoms with Gasteiger partial charge in [0.1, 0.15) is 0 Å². The van der Waals surface area contributed by atoms with Gasteiger partial charge in [-0.05, 0) is 18.0 Å². The van der Waals surface area contributed by atoms with Crippen LogP contribution in [0.5, 0.6) is 0 Å². The summed E-state index contributed by atoms with van der Waals surface area (Å²) in [6.45, 7) is 5.03. The van der Waals surface area contributed by atoms with Gasteiger partial charge in [-0.2, -0.15) is 0 Å². The Kier molecular flexibility index (Phi) is 3.59. The molecule has 0 spiro atoms. The summed E-state index contributed by atoms with van der Waals surface area (Å²) in [5, 5.41) is 0. The molecular weight excluding hydrogens is 210 g/mol. The number of hydrogen-bond acceptors (Lipinski definition) is 2. The number of H-pyrrole nitrogens is 1. The average Bonchev–Trinajstić information content (AvgIpc) is 2.78. The van der Waals surface area contributed by atoms with Crippen LogP contribution >= 0.6 is 0 Å². The number of imidazole rings is 1. The number of benzene rings is 1. The minimum Gasteiger partial charge on any atom is -0.348 e. The van der Waals surface area contributed by atoms with Gasteiger partial charge in [0, 0.05) is 17.7 Å². The van der Waals surface area contributed by atoms with Crippen molar-refractivity contribution in [3.63, 3.8) is 0 Å². The number of aromatic nitrogens is 2. The summed E-state index contributed by atoms with van der Waals surface area (Å²) in [6, 6.07) is 8.60. The summed E-state index contributed by atoms with van der Waals surface area (Å²) in [4.78, 5) is 7.52. The lowest BCUT2D eigenvalue weighted by Gasteiger charge is -2.06. The lowest BCUT2D eigenvalue weighted by atomic mass is 10.00. The number of nitrogens with two attached hydrogens (primary N) is 1. The average molecular weight is 229 g/mol. The Labute approximate surface area is 102 Å². The summed E-state index contributed by atoms with van der Waals surface area (Å²) < 4.78 is 0. The number of nitrogens with one attached hydrogen (secondary N) is 1. The van der Waals surface area contributed by atoms with E-state index in [1.165, 1.54) is 5.56 Å². The molecule has 0 bridgehead atoms. The van der Waals surface area contributed by atoms with Gasteiger partial charge in [0.15, 0.2) is 0 Å². The largest absolute Gasteiger partial charge is 0.348 e. The van der Waals surface area contributed by atoms with E-state index in [1.807, 2.05) is 0 Å². The second-order valence-electron chi connectivity index (χ2n) is 4.55. The van der Waals surface area contributed by atoms with Crippen molar-refractivity contribution in [1.29, 1.82) is 0 Å². The van der Waals surface area contributed by atoms with E-state index >= 15 is 0 Å². The van der Waals surface area contributed by atoms with Crippen LogP contribution in [0.15, 0.2) is 30.6 Å². The molecule has 0 aliphatic rings. The predicted octanol–water partition coefficient (Wildman–Crippen LogP) is 2.70. The Morgan fingerprint density at radius 1 is 1.24 bits per heavy atom. The van der Waals surface area contributed by atoms with Gasteiger partial charge >= 0.3 is 0 Å². The quantitative estimate of drug-likeness (QED) is 0.847. The fraction of sp³-hybridized carbons (Fsp3) is 0.357. The predicted molar refractivity (Wildman–Crippen MR) is 70.9 cm³/mol. The van der Waals surface area contributed by atoms with E-state index < -0.39 is 0 Å². The van der Waals surface area contributed by atoms with Crippen LogP contribution in [0.4, 0.5) is 0 Å². The number of rotatable bonds is 4. The summed E-state index contributed by atoms with van der Waals surface area (Å²) >= 11 is 0. The van der Waals surface area contributed by atoms with Gasteiger partial charge in [-0.1, -0.05) is 38.1 Å². The van der Waals surface area contributed by atoms with Gasteiger partial charge in [0.25, 0.3) is 0 Å². The molecule has 3 nitrogen and oxygen atoms in total. The van der Waals surface area contributed by atoms with Gasteiger partial charge in [0.2, 0.25) is 0 Å². The number of nitrogens with zero attached hydrogens (tertiary/aromatic N) is 1. The van der Waals surface area contributed by atoms with Gasteiger partial charge in [-0.25, -0.2) is 4.98 Å². The number of hydrogen-bond donors (Lipinski definition) is 2. The molecule has 0 saturated heterocycles. The SMILES string of the molecule is CC(C)c1ccc(-c2nc[nH]c2CCN)cc1. The van der Waals surface area contributed by atoms with Gasteiger partial charge in [-0.3, -0.25) is 0 Å². The maximum atomic E-state index is 5.58. The fourth-order valence-corrected chi connectivity index (χ4v) is 1.93. The summed E-state index contributed by atoms with van der Waals surface area (Å²) in [6.07, 6.45) is 2.57. The van der Waals surface area contributed by atoms with Crippen LogP contribution in [0.25, 0.3) is 11.3 Å². The highest BCUT2D eigenvalue weighted by molar-refractivity contribution is 5.62. The number of aromatic amines is 1. The first-order chi connectivity index (χ1) is 8.22. The first kappa shape index (κ1) is 11.9. The Morgan fingerprint density at radius 2 is 1.94 bits per heavy atom. The Balaban J connectivity index is 2.30. The molecule has 0 unspecified atom stereocenters. The van der Waals surface area contributed by atoms with Crippen LogP contribution in [-0.2, 0) is 6.42 Å². The molecule has 17 heavy (non-hydrogen) atoms. The Hall–Kier alpha value is -1.61. The molecule has 3 N–H and O–H groups in total.